The molecule has 0 radical (unpaired) electrons. The van der Waals surface area contributed by atoms with Crippen molar-refractivity contribution >= 4 is 33.1 Å². The van der Waals surface area contributed by atoms with Crippen LogP contribution in [-0.4, -0.2) is 19.6 Å². The molecule has 0 N–H and O–H groups in total. The second-order valence-corrected chi connectivity index (χ2v) is 8.73. The first-order valence-corrected chi connectivity index (χ1v) is 12.0. The van der Waals surface area contributed by atoms with Crippen LogP contribution in [0.3, 0.4) is 0 Å². The van der Waals surface area contributed by atoms with Crippen molar-refractivity contribution in [3.63, 3.8) is 0 Å². The highest BCUT2D eigenvalue weighted by Crippen LogP contribution is 2.45. The van der Waals surface area contributed by atoms with Gasteiger partial charge in [-0.3, -0.25) is 0 Å². The molecule has 3 nitrogen and oxygen atoms in total. The lowest BCUT2D eigenvalue weighted by Gasteiger charge is -2.19. The average molecular weight is 452 g/mol. The highest BCUT2D eigenvalue weighted by molar-refractivity contribution is 6.11. The molecule has 0 heterocycles. The Morgan fingerprint density at radius 1 is 0.882 bits per heavy atom. The van der Waals surface area contributed by atoms with Gasteiger partial charge in [0.15, 0.2) is 5.90 Å². The summed E-state index contributed by atoms with van der Waals surface area (Å²) in [5.74, 6) is 1.81. The summed E-state index contributed by atoms with van der Waals surface area (Å²) in [6, 6.07) is 25.3. The number of hydrogen-bond donors (Lipinski definition) is 0. The van der Waals surface area contributed by atoms with Crippen molar-refractivity contribution in [3.05, 3.63) is 84.4 Å². The van der Waals surface area contributed by atoms with Gasteiger partial charge in [0.1, 0.15) is 12.4 Å². The Balaban J connectivity index is 2.03. The summed E-state index contributed by atoms with van der Waals surface area (Å²) in [4.78, 5) is 5.16. The molecule has 4 aromatic carbocycles. The van der Waals surface area contributed by atoms with Crippen molar-refractivity contribution in [2.75, 3.05) is 13.7 Å². The van der Waals surface area contributed by atoms with Crippen molar-refractivity contribution in [2.24, 2.45) is 10.9 Å². The summed E-state index contributed by atoms with van der Waals surface area (Å²) in [5, 5.41) is 4.63. The molecular weight excluding hydrogens is 418 g/mol. The molecule has 4 rings (SSSR count). The van der Waals surface area contributed by atoms with Gasteiger partial charge in [0, 0.05) is 17.0 Å². The first-order chi connectivity index (χ1) is 16.6. The molecule has 0 aromatic heterocycles. The van der Waals surface area contributed by atoms with Crippen LogP contribution >= 0.6 is 0 Å². The molecule has 0 spiro atoms. The minimum atomic E-state index is 0.207. The molecular formula is C31H33NO2. The quantitative estimate of drug-likeness (QED) is 0.160. The summed E-state index contributed by atoms with van der Waals surface area (Å²) in [6.45, 7) is 8.99. The van der Waals surface area contributed by atoms with Crippen molar-refractivity contribution in [1.82, 2.24) is 0 Å². The SMILES string of the molecule is C/C=C(\C)COC(=Nc1ccc2ccccc2c1-c1c(OC)ccc2ccccc12)[C@@H](C)CC. The number of rotatable bonds is 7. The van der Waals surface area contributed by atoms with Crippen molar-refractivity contribution in [3.8, 4) is 16.9 Å². The molecule has 3 heteroatoms. The molecule has 0 amide bonds. The fourth-order valence-electron chi connectivity index (χ4n) is 4.14. The summed E-state index contributed by atoms with van der Waals surface area (Å²) >= 11 is 0. The van der Waals surface area contributed by atoms with Crippen LogP contribution in [0.4, 0.5) is 5.69 Å². The second kappa shape index (κ2) is 10.6. The Morgan fingerprint density at radius 2 is 1.50 bits per heavy atom. The third-order valence-electron chi connectivity index (χ3n) is 6.47. The van der Waals surface area contributed by atoms with E-state index in [0.717, 1.165) is 45.7 Å². The smallest absolute Gasteiger partial charge is 0.191 e. The maximum absolute atomic E-state index is 6.25. The zero-order valence-electron chi connectivity index (χ0n) is 20.8. The molecule has 0 aliphatic rings. The molecule has 4 aromatic rings. The normalized spacial score (nSPS) is 13.3. The van der Waals surface area contributed by atoms with Crippen molar-refractivity contribution in [1.29, 1.82) is 0 Å². The second-order valence-electron chi connectivity index (χ2n) is 8.73. The van der Waals surface area contributed by atoms with Crippen LogP contribution in [0.1, 0.15) is 34.1 Å². The van der Waals surface area contributed by atoms with Gasteiger partial charge in [-0.2, -0.15) is 0 Å². The van der Waals surface area contributed by atoms with E-state index in [1.54, 1.807) is 7.11 Å². The zero-order valence-corrected chi connectivity index (χ0v) is 20.8. The Hall–Kier alpha value is -3.59. The molecule has 0 saturated carbocycles. The van der Waals surface area contributed by atoms with Crippen LogP contribution in [0, 0.1) is 5.92 Å². The monoisotopic (exact) mass is 451 g/mol. The Bertz CT molecular complexity index is 1370. The number of ether oxygens (including phenoxy) is 2. The molecule has 0 unspecified atom stereocenters. The molecule has 1 atom stereocenters. The van der Waals surface area contributed by atoms with Gasteiger partial charge in [-0.05, 0) is 59.5 Å². The molecule has 0 aliphatic heterocycles. The predicted octanol–water partition coefficient (Wildman–Crippen LogP) is 8.73. The fourth-order valence-corrected chi connectivity index (χ4v) is 4.14. The van der Waals surface area contributed by atoms with E-state index in [0.29, 0.717) is 6.61 Å². The molecule has 0 aliphatic carbocycles. The lowest BCUT2D eigenvalue weighted by Crippen LogP contribution is -2.15. The largest absolute Gasteiger partial charge is 0.496 e. The third-order valence-corrected chi connectivity index (χ3v) is 6.47. The number of hydrogen-bond acceptors (Lipinski definition) is 3. The van der Waals surface area contributed by atoms with E-state index in [9.17, 15) is 0 Å². The van der Waals surface area contributed by atoms with Crippen molar-refractivity contribution < 1.29 is 9.47 Å². The van der Waals surface area contributed by atoms with Gasteiger partial charge < -0.3 is 9.47 Å². The first kappa shape index (κ1) is 23.6. The lowest BCUT2D eigenvalue weighted by atomic mass is 9.91. The van der Waals surface area contributed by atoms with Gasteiger partial charge in [-0.25, -0.2) is 4.99 Å². The Morgan fingerprint density at radius 3 is 2.12 bits per heavy atom. The summed E-state index contributed by atoms with van der Waals surface area (Å²) in [7, 11) is 1.73. The molecule has 34 heavy (non-hydrogen) atoms. The average Bonchev–Trinajstić information content (AvgIpc) is 2.89. The van der Waals surface area contributed by atoms with Crippen molar-refractivity contribution in [2.45, 2.75) is 34.1 Å². The van der Waals surface area contributed by atoms with E-state index in [1.165, 1.54) is 16.3 Å². The predicted molar refractivity (Wildman–Crippen MR) is 145 cm³/mol. The summed E-state index contributed by atoms with van der Waals surface area (Å²) in [6.07, 6.45) is 3.03. The minimum Gasteiger partial charge on any atom is -0.496 e. The van der Waals surface area contributed by atoms with Crippen LogP contribution in [0.25, 0.3) is 32.7 Å². The Labute approximate surface area is 202 Å². The van der Waals surface area contributed by atoms with Gasteiger partial charge >= 0.3 is 0 Å². The number of fused-ring (bicyclic) bond motifs is 2. The van der Waals surface area contributed by atoms with Gasteiger partial charge in [-0.1, -0.05) is 80.6 Å². The molecule has 174 valence electrons. The number of benzene rings is 4. The zero-order chi connectivity index (χ0) is 24.1. The Kier molecular flexibility index (Phi) is 7.32. The lowest BCUT2D eigenvalue weighted by molar-refractivity contribution is 0.312. The summed E-state index contributed by atoms with van der Waals surface area (Å²) in [5.41, 5.74) is 4.20. The highest BCUT2D eigenvalue weighted by atomic mass is 16.5. The number of allylic oxidation sites excluding steroid dienone is 1. The van der Waals surface area contributed by atoms with Gasteiger partial charge in [0.05, 0.1) is 12.8 Å². The molecule has 0 fully saturated rings. The van der Waals surface area contributed by atoms with Crippen LogP contribution < -0.4 is 4.74 Å². The van der Waals surface area contributed by atoms with E-state index >= 15 is 0 Å². The third kappa shape index (κ3) is 4.70. The first-order valence-electron chi connectivity index (χ1n) is 12.0. The number of methoxy groups -OCH3 is 1. The minimum absolute atomic E-state index is 0.207. The number of nitrogens with zero attached hydrogens (tertiary/aromatic N) is 1. The van der Waals surface area contributed by atoms with E-state index < -0.39 is 0 Å². The van der Waals surface area contributed by atoms with Crippen LogP contribution in [0.2, 0.25) is 0 Å². The van der Waals surface area contributed by atoms with Crippen LogP contribution in [0.5, 0.6) is 5.75 Å². The van der Waals surface area contributed by atoms with Crippen LogP contribution in [-0.2, 0) is 4.74 Å². The number of aliphatic imine (C=N–C) groups is 1. The van der Waals surface area contributed by atoms with E-state index in [-0.39, 0.29) is 5.92 Å². The van der Waals surface area contributed by atoms with Crippen LogP contribution in [0.15, 0.2) is 89.4 Å². The van der Waals surface area contributed by atoms with E-state index in [2.05, 4.69) is 99.6 Å². The van der Waals surface area contributed by atoms with E-state index in [1.807, 2.05) is 6.92 Å². The van der Waals surface area contributed by atoms with Gasteiger partial charge in [0.2, 0.25) is 0 Å². The standard InChI is InChI=1S/C31H33NO2/c1-6-21(3)20-34-31(22(4)7-2)32-27-18-16-23-12-8-10-14-25(23)29(27)30-26-15-11-9-13-24(26)17-19-28(30)33-5/h6,8-19,22H,7,20H2,1-5H3/b21-6+,32-31?/t22-/m0/s1. The fraction of sp³-hybridized carbons (Fsp3) is 0.258. The van der Waals surface area contributed by atoms with Gasteiger partial charge in [0.25, 0.3) is 0 Å². The highest BCUT2D eigenvalue weighted by Gasteiger charge is 2.19. The van der Waals surface area contributed by atoms with E-state index in [4.69, 9.17) is 14.5 Å². The maximum atomic E-state index is 6.25. The molecule has 0 saturated heterocycles. The molecule has 0 bridgehead atoms. The maximum Gasteiger partial charge on any atom is 0.191 e. The summed E-state index contributed by atoms with van der Waals surface area (Å²) < 4.78 is 12.1. The van der Waals surface area contributed by atoms with Gasteiger partial charge in [-0.15, -0.1) is 0 Å². The topological polar surface area (TPSA) is 30.8 Å².